The fourth-order valence-electron chi connectivity index (χ4n) is 3.06. The summed E-state index contributed by atoms with van der Waals surface area (Å²) in [6.07, 6.45) is -4.39. The van der Waals surface area contributed by atoms with Crippen LogP contribution >= 0.6 is 0 Å². The predicted octanol–water partition coefficient (Wildman–Crippen LogP) is 2.37. The Morgan fingerprint density at radius 2 is 1.15 bits per heavy atom. The Labute approximate surface area is 156 Å². The first-order valence-corrected chi connectivity index (χ1v) is 14.4. The molecule has 0 fully saturated rings. The predicted molar refractivity (Wildman–Crippen MR) is 94.4 cm³/mol. The molecule has 1 aliphatic rings. The summed E-state index contributed by atoms with van der Waals surface area (Å²) in [5, 5.41) is 0. The summed E-state index contributed by atoms with van der Waals surface area (Å²) in [5.74, 6) is 0. The zero-order valence-electron chi connectivity index (χ0n) is 13.2. The van der Waals surface area contributed by atoms with Gasteiger partial charge in [0, 0.05) is 0 Å². The van der Waals surface area contributed by atoms with Gasteiger partial charge in [0.15, 0.2) is 0 Å². The summed E-state index contributed by atoms with van der Waals surface area (Å²) in [5.41, 5.74) is -0.698. The third-order valence-corrected chi connectivity index (χ3v) is 17.3. The van der Waals surface area contributed by atoms with E-state index in [9.17, 15) is 21.6 Å². The van der Waals surface area contributed by atoms with Crippen molar-refractivity contribution in [3.8, 4) is 0 Å². The summed E-state index contributed by atoms with van der Waals surface area (Å²) in [6.45, 7) is 0. The third-order valence-electron chi connectivity index (χ3n) is 4.24. The maximum absolute atomic E-state index is 12.9. The van der Waals surface area contributed by atoms with Crippen molar-refractivity contribution in [1.82, 2.24) is 0 Å². The van der Waals surface area contributed by atoms with Crippen molar-refractivity contribution in [1.29, 1.82) is 0 Å². The van der Waals surface area contributed by atoms with E-state index in [2.05, 4.69) is 0 Å². The molecule has 0 aliphatic carbocycles. The molecular formula is C19H12BiF3O2S. The zero-order chi connectivity index (χ0) is 18.5. The van der Waals surface area contributed by atoms with Crippen LogP contribution in [0, 0.1) is 0 Å². The summed E-state index contributed by atoms with van der Waals surface area (Å²) >= 11 is -3.00. The second-order valence-electron chi connectivity index (χ2n) is 5.82. The van der Waals surface area contributed by atoms with Crippen molar-refractivity contribution in [2.75, 3.05) is 0 Å². The minimum atomic E-state index is -4.39. The number of halogens is 3. The molecule has 0 N–H and O–H groups in total. The van der Waals surface area contributed by atoms with Crippen molar-refractivity contribution in [2.45, 2.75) is 16.0 Å². The number of fused-ring (bicyclic) bond motifs is 2. The van der Waals surface area contributed by atoms with Crippen LogP contribution in [-0.4, -0.2) is 30.2 Å². The molecule has 0 aromatic heterocycles. The van der Waals surface area contributed by atoms with Crippen LogP contribution in [0.1, 0.15) is 5.56 Å². The molecular weight excluding hydrogens is 558 g/mol. The van der Waals surface area contributed by atoms with E-state index in [0.717, 1.165) is 21.9 Å². The number of benzene rings is 3. The molecule has 0 radical (unpaired) electrons. The van der Waals surface area contributed by atoms with E-state index in [1.54, 1.807) is 48.5 Å². The van der Waals surface area contributed by atoms with E-state index in [-0.39, 0.29) is 9.79 Å². The molecule has 1 heterocycles. The van der Waals surface area contributed by atoms with Crippen LogP contribution in [0.3, 0.4) is 0 Å². The fraction of sp³-hybridized carbons (Fsp3) is 0.0526. The van der Waals surface area contributed by atoms with Gasteiger partial charge in [-0.15, -0.1) is 0 Å². The Morgan fingerprint density at radius 3 is 1.62 bits per heavy atom. The van der Waals surface area contributed by atoms with Gasteiger partial charge >= 0.3 is 157 Å². The quantitative estimate of drug-likeness (QED) is 0.330. The first-order chi connectivity index (χ1) is 12.3. The molecule has 3 aromatic carbocycles. The van der Waals surface area contributed by atoms with Crippen LogP contribution in [-0.2, 0) is 16.0 Å². The molecule has 0 saturated heterocycles. The molecule has 1 aliphatic heterocycles. The van der Waals surface area contributed by atoms with Crippen LogP contribution < -0.4 is 9.81 Å². The maximum atomic E-state index is 12.9. The van der Waals surface area contributed by atoms with E-state index >= 15 is 0 Å². The van der Waals surface area contributed by atoms with Crippen LogP contribution in [0.2, 0.25) is 0 Å². The fourth-order valence-corrected chi connectivity index (χ4v) is 17.9. The van der Waals surface area contributed by atoms with Crippen LogP contribution in [0.4, 0.5) is 13.2 Å². The van der Waals surface area contributed by atoms with Gasteiger partial charge in [-0.2, -0.15) is 0 Å². The molecule has 7 heteroatoms. The van der Waals surface area contributed by atoms with E-state index in [0.29, 0.717) is 0 Å². The topological polar surface area (TPSA) is 34.1 Å². The van der Waals surface area contributed by atoms with Crippen LogP contribution in [0.5, 0.6) is 0 Å². The number of hydrogen-bond donors (Lipinski definition) is 0. The molecule has 3 aromatic rings. The number of hydrogen-bond acceptors (Lipinski definition) is 2. The molecule has 0 unspecified atom stereocenters. The normalized spacial score (nSPS) is 16.0. The van der Waals surface area contributed by atoms with E-state index in [1.807, 2.05) is 0 Å². The van der Waals surface area contributed by atoms with Gasteiger partial charge in [0.2, 0.25) is 0 Å². The average molecular weight is 570 g/mol. The first-order valence-electron chi connectivity index (χ1n) is 7.71. The summed E-state index contributed by atoms with van der Waals surface area (Å²) in [4.78, 5) is 0.577. The Bertz CT molecular complexity index is 1040. The number of alkyl halides is 3. The molecule has 0 bridgehead atoms. The van der Waals surface area contributed by atoms with Gasteiger partial charge < -0.3 is 0 Å². The van der Waals surface area contributed by atoms with Gasteiger partial charge in [-0.05, 0) is 0 Å². The van der Waals surface area contributed by atoms with Gasteiger partial charge in [-0.25, -0.2) is 0 Å². The SMILES string of the molecule is O=S1(=O)c2cccc[c]2[Bi]([c]2ccc(C(F)(F)F)cc2)[c]2ccccc21. The van der Waals surface area contributed by atoms with Crippen molar-refractivity contribution in [3.05, 3.63) is 78.4 Å². The molecule has 0 spiro atoms. The molecule has 0 amide bonds. The van der Waals surface area contributed by atoms with Crippen molar-refractivity contribution in [2.24, 2.45) is 0 Å². The third kappa shape index (κ3) is 2.78. The molecule has 26 heavy (non-hydrogen) atoms. The first kappa shape index (κ1) is 17.7. The molecule has 0 atom stereocenters. The molecule has 0 saturated carbocycles. The molecule has 4 rings (SSSR count). The van der Waals surface area contributed by atoms with Crippen molar-refractivity contribution >= 4 is 41.4 Å². The van der Waals surface area contributed by atoms with Crippen molar-refractivity contribution < 1.29 is 21.6 Å². The standard InChI is InChI=1S/C12H8O2S.C7H4F3.Bi/c13-15(14,11-7-3-1-4-8-11)12-9-5-2-6-10-12;8-7(9,10)6-4-2-1-3-5-6;/h1-7,9H;2-5H;. The average Bonchev–Trinajstić information content (AvgIpc) is 2.62. The summed E-state index contributed by atoms with van der Waals surface area (Å²) in [6, 6.07) is 18.9. The van der Waals surface area contributed by atoms with Gasteiger partial charge in [0.1, 0.15) is 0 Å². The minimum absolute atomic E-state index is 0.288. The summed E-state index contributed by atoms with van der Waals surface area (Å²) < 4.78 is 66.9. The monoisotopic (exact) mass is 570 g/mol. The summed E-state index contributed by atoms with van der Waals surface area (Å²) in [7, 11) is -3.60. The second kappa shape index (κ2) is 6.17. The van der Waals surface area contributed by atoms with Crippen molar-refractivity contribution in [3.63, 3.8) is 0 Å². The van der Waals surface area contributed by atoms with Gasteiger partial charge in [-0.1, -0.05) is 0 Å². The van der Waals surface area contributed by atoms with Gasteiger partial charge in [0.05, 0.1) is 0 Å². The number of rotatable bonds is 1. The second-order valence-corrected chi connectivity index (χ2v) is 16.1. The van der Waals surface area contributed by atoms with E-state index in [1.165, 1.54) is 12.1 Å². The van der Waals surface area contributed by atoms with E-state index < -0.39 is 43.3 Å². The molecule has 2 nitrogen and oxygen atoms in total. The Morgan fingerprint density at radius 1 is 0.692 bits per heavy atom. The van der Waals surface area contributed by atoms with Gasteiger partial charge in [0.25, 0.3) is 0 Å². The zero-order valence-corrected chi connectivity index (χ0v) is 17.5. The van der Waals surface area contributed by atoms with Crippen LogP contribution in [0.15, 0.2) is 82.6 Å². The van der Waals surface area contributed by atoms with E-state index in [4.69, 9.17) is 0 Å². The van der Waals surface area contributed by atoms with Crippen LogP contribution in [0.25, 0.3) is 0 Å². The Kier molecular flexibility index (Phi) is 4.20. The number of sulfone groups is 1. The molecule has 132 valence electrons. The van der Waals surface area contributed by atoms with Gasteiger partial charge in [-0.3, -0.25) is 0 Å². The Hall–Kier alpha value is -1.72. The Balaban J connectivity index is 1.96.